The second-order valence-corrected chi connectivity index (χ2v) is 6.04. The highest BCUT2D eigenvalue weighted by Crippen LogP contribution is 2.29. The third kappa shape index (κ3) is 2.40. The van der Waals surface area contributed by atoms with Gasteiger partial charge in [0, 0.05) is 34.3 Å². The van der Waals surface area contributed by atoms with E-state index in [-0.39, 0.29) is 6.04 Å². The standard InChI is InChI=1S/C16H17N3S/c1-12-7-8-15(20-12)14(11-17)19-10-9-18-16(19)13-5-3-2-4-6-13/h2-10,14H,11,17H2,1H3. The molecule has 0 aliphatic heterocycles. The minimum Gasteiger partial charge on any atom is -0.328 e. The molecule has 3 rings (SSSR count). The van der Waals surface area contributed by atoms with Crippen LogP contribution < -0.4 is 5.73 Å². The first-order valence-corrected chi connectivity index (χ1v) is 7.46. The van der Waals surface area contributed by atoms with Crippen LogP contribution >= 0.6 is 11.3 Å². The number of aromatic nitrogens is 2. The average molecular weight is 283 g/mol. The van der Waals surface area contributed by atoms with Crippen molar-refractivity contribution >= 4 is 11.3 Å². The van der Waals surface area contributed by atoms with Gasteiger partial charge in [-0.3, -0.25) is 0 Å². The molecular formula is C16H17N3S. The van der Waals surface area contributed by atoms with Crippen LogP contribution in [0.25, 0.3) is 11.4 Å². The molecule has 1 aromatic carbocycles. The van der Waals surface area contributed by atoms with Crippen molar-refractivity contribution in [1.29, 1.82) is 0 Å². The molecule has 3 nitrogen and oxygen atoms in total. The number of thiophene rings is 1. The number of rotatable bonds is 4. The maximum absolute atomic E-state index is 6.01. The summed E-state index contributed by atoms with van der Waals surface area (Å²) >= 11 is 1.79. The lowest BCUT2D eigenvalue weighted by Crippen LogP contribution is -2.19. The molecular weight excluding hydrogens is 266 g/mol. The van der Waals surface area contributed by atoms with Crippen LogP contribution in [-0.2, 0) is 0 Å². The molecule has 102 valence electrons. The van der Waals surface area contributed by atoms with Crippen LogP contribution in [-0.4, -0.2) is 16.1 Å². The molecule has 0 aliphatic carbocycles. The Balaban J connectivity index is 2.04. The first-order chi connectivity index (χ1) is 9.79. The smallest absolute Gasteiger partial charge is 0.140 e. The monoisotopic (exact) mass is 283 g/mol. The molecule has 0 bridgehead atoms. The molecule has 2 N–H and O–H groups in total. The molecule has 1 unspecified atom stereocenters. The van der Waals surface area contributed by atoms with Gasteiger partial charge in [-0.1, -0.05) is 30.3 Å². The van der Waals surface area contributed by atoms with E-state index in [1.165, 1.54) is 9.75 Å². The van der Waals surface area contributed by atoms with Crippen molar-refractivity contribution in [2.45, 2.75) is 13.0 Å². The Labute approximate surface area is 122 Å². The van der Waals surface area contributed by atoms with Gasteiger partial charge >= 0.3 is 0 Å². The molecule has 0 saturated heterocycles. The second-order valence-electron chi connectivity index (χ2n) is 4.72. The van der Waals surface area contributed by atoms with E-state index in [0.29, 0.717) is 6.54 Å². The van der Waals surface area contributed by atoms with Crippen LogP contribution in [0.3, 0.4) is 0 Å². The lowest BCUT2D eigenvalue weighted by Gasteiger charge is -2.18. The Hall–Kier alpha value is -1.91. The third-order valence-electron chi connectivity index (χ3n) is 3.35. The van der Waals surface area contributed by atoms with E-state index in [9.17, 15) is 0 Å². The van der Waals surface area contributed by atoms with E-state index in [4.69, 9.17) is 5.73 Å². The highest BCUT2D eigenvalue weighted by Gasteiger charge is 2.17. The Morgan fingerprint density at radius 1 is 1.20 bits per heavy atom. The zero-order valence-corrected chi connectivity index (χ0v) is 12.2. The predicted octanol–water partition coefficient (Wildman–Crippen LogP) is 3.47. The van der Waals surface area contributed by atoms with Crippen LogP contribution in [0.4, 0.5) is 0 Å². The van der Waals surface area contributed by atoms with E-state index in [1.54, 1.807) is 11.3 Å². The van der Waals surface area contributed by atoms with E-state index in [0.717, 1.165) is 11.4 Å². The highest BCUT2D eigenvalue weighted by molar-refractivity contribution is 7.12. The summed E-state index contributed by atoms with van der Waals surface area (Å²) in [4.78, 5) is 7.08. The molecule has 0 spiro atoms. The van der Waals surface area contributed by atoms with E-state index >= 15 is 0 Å². The van der Waals surface area contributed by atoms with Crippen molar-refractivity contribution < 1.29 is 0 Å². The summed E-state index contributed by atoms with van der Waals surface area (Å²) in [5, 5.41) is 0. The van der Waals surface area contributed by atoms with Crippen LogP contribution in [0.15, 0.2) is 54.9 Å². The van der Waals surface area contributed by atoms with Crippen LogP contribution in [0.5, 0.6) is 0 Å². The summed E-state index contributed by atoms with van der Waals surface area (Å²) in [6, 6.07) is 14.7. The number of imidazole rings is 1. The molecule has 0 aliphatic rings. The molecule has 0 radical (unpaired) electrons. The van der Waals surface area contributed by atoms with Gasteiger partial charge < -0.3 is 10.3 Å². The zero-order chi connectivity index (χ0) is 13.9. The van der Waals surface area contributed by atoms with Crippen molar-refractivity contribution in [1.82, 2.24) is 9.55 Å². The molecule has 0 saturated carbocycles. The van der Waals surface area contributed by atoms with E-state index < -0.39 is 0 Å². The first-order valence-electron chi connectivity index (χ1n) is 6.64. The van der Waals surface area contributed by atoms with Gasteiger partial charge in [-0.05, 0) is 19.1 Å². The maximum Gasteiger partial charge on any atom is 0.140 e. The van der Waals surface area contributed by atoms with Gasteiger partial charge in [-0.25, -0.2) is 4.98 Å². The number of hydrogen-bond acceptors (Lipinski definition) is 3. The van der Waals surface area contributed by atoms with Crippen molar-refractivity contribution in [3.63, 3.8) is 0 Å². The van der Waals surface area contributed by atoms with Crippen molar-refractivity contribution in [2.24, 2.45) is 5.73 Å². The number of hydrogen-bond donors (Lipinski definition) is 1. The van der Waals surface area contributed by atoms with Gasteiger partial charge in [0.25, 0.3) is 0 Å². The fraction of sp³-hybridized carbons (Fsp3) is 0.188. The third-order valence-corrected chi connectivity index (χ3v) is 4.45. The van der Waals surface area contributed by atoms with E-state index in [2.05, 4.69) is 40.7 Å². The van der Waals surface area contributed by atoms with Crippen LogP contribution in [0.2, 0.25) is 0 Å². The summed E-state index contributed by atoms with van der Waals surface area (Å²) in [6.45, 7) is 2.68. The van der Waals surface area contributed by atoms with Crippen molar-refractivity contribution in [3.05, 3.63) is 64.6 Å². The Bertz CT molecular complexity index is 685. The van der Waals surface area contributed by atoms with Gasteiger partial charge in [0.15, 0.2) is 0 Å². The van der Waals surface area contributed by atoms with Gasteiger partial charge in [-0.15, -0.1) is 11.3 Å². The van der Waals surface area contributed by atoms with E-state index in [1.807, 2.05) is 30.6 Å². The summed E-state index contributed by atoms with van der Waals surface area (Å²) in [7, 11) is 0. The normalized spacial score (nSPS) is 12.5. The quantitative estimate of drug-likeness (QED) is 0.796. The highest BCUT2D eigenvalue weighted by atomic mass is 32.1. The SMILES string of the molecule is Cc1ccc(C(CN)n2ccnc2-c2ccccc2)s1. The molecule has 1 atom stereocenters. The number of aryl methyl sites for hydroxylation is 1. The van der Waals surface area contributed by atoms with Crippen molar-refractivity contribution in [2.75, 3.05) is 6.54 Å². The van der Waals surface area contributed by atoms with Gasteiger partial charge in [0.1, 0.15) is 5.82 Å². The molecule has 2 heterocycles. The average Bonchev–Trinajstić information content (AvgIpc) is 3.11. The number of nitrogens with zero attached hydrogens (tertiary/aromatic N) is 2. The summed E-state index contributed by atoms with van der Waals surface area (Å²) < 4.78 is 2.17. The van der Waals surface area contributed by atoms with Crippen LogP contribution in [0.1, 0.15) is 15.8 Å². The maximum atomic E-state index is 6.01. The molecule has 3 aromatic rings. The van der Waals surface area contributed by atoms with Crippen molar-refractivity contribution in [3.8, 4) is 11.4 Å². The molecule has 2 aromatic heterocycles. The first kappa shape index (κ1) is 13.1. The zero-order valence-electron chi connectivity index (χ0n) is 11.4. The largest absolute Gasteiger partial charge is 0.328 e. The summed E-state index contributed by atoms with van der Waals surface area (Å²) in [6.07, 6.45) is 3.85. The lowest BCUT2D eigenvalue weighted by atomic mass is 10.2. The Morgan fingerprint density at radius 3 is 2.65 bits per heavy atom. The van der Waals surface area contributed by atoms with Gasteiger partial charge in [-0.2, -0.15) is 0 Å². The molecule has 4 heteroatoms. The minimum atomic E-state index is 0.145. The topological polar surface area (TPSA) is 43.8 Å². The summed E-state index contributed by atoms with van der Waals surface area (Å²) in [5.74, 6) is 0.965. The molecule has 20 heavy (non-hydrogen) atoms. The lowest BCUT2D eigenvalue weighted by molar-refractivity contribution is 0.610. The fourth-order valence-corrected chi connectivity index (χ4v) is 3.36. The Morgan fingerprint density at radius 2 is 2.00 bits per heavy atom. The Kier molecular flexibility index (Phi) is 3.67. The molecule has 0 amide bonds. The fourth-order valence-electron chi connectivity index (χ4n) is 2.37. The van der Waals surface area contributed by atoms with Crippen LogP contribution in [0, 0.1) is 6.92 Å². The summed E-state index contributed by atoms with van der Waals surface area (Å²) in [5.41, 5.74) is 7.13. The predicted molar refractivity (Wildman–Crippen MR) is 83.9 cm³/mol. The second kappa shape index (κ2) is 5.61. The molecule has 0 fully saturated rings. The minimum absolute atomic E-state index is 0.145. The van der Waals surface area contributed by atoms with Gasteiger partial charge in [0.2, 0.25) is 0 Å². The number of benzene rings is 1. The van der Waals surface area contributed by atoms with Gasteiger partial charge in [0.05, 0.1) is 6.04 Å². The number of nitrogens with two attached hydrogens (primary N) is 1.